The highest BCUT2D eigenvalue weighted by Crippen LogP contribution is 2.36. The molecule has 16 heteroatoms. The van der Waals surface area contributed by atoms with E-state index >= 15 is 0 Å². The zero-order valence-electron chi connectivity index (χ0n) is 43.2. The van der Waals surface area contributed by atoms with Crippen LogP contribution in [0.2, 0.25) is 0 Å². The van der Waals surface area contributed by atoms with Crippen molar-refractivity contribution in [1.29, 1.82) is 0 Å². The van der Waals surface area contributed by atoms with Crippen LogP contribution in [0.5, 0.6) is 0 Å². The first-order valence-corrected chi connectivity index (χ1v) is 26.5. The molecule has 0 saturated heterocycles. The summed E-state index contributed by atoms with van der Waals surface area (Å²) in [5, 5.41) is 15.1. The van der Waals surface area contributed by atoms with E-state index < -0.39 is 41.0 Å². The fourth-order valence-corrected chi connectivity index (χ4v) is 8.53. The minimum atomic E-state index is -1.06. The third-order valence-corrected chi connectivity index (χ3v) is 12.9. The van der Waals surface area contributed by atoms with Crippen molar-refractivity contribution in [2.75, 3.05) is 65.9 Å². The maximum absolute atomic E-state index is 13.4. The van der Waals surface area contributed by atoms with Crippen molar-refractivity contribution in [3.63, 3.8) is 0 Å². The molecule has 5 N–H and O–H groups in total. The third-order valence-electron chi connectivity index (χ3n) is 12.9. The summed E-state index contributed by atoms with van der Waals surface area (Å²) in [6.07, 6.45) is 20.9. The number of unbranched alkanes of at least 4 members (excludes halogenated alkanes) is 13. The minimum absolute atomic E-state index is 0.00492. The molecule has 0 aromatic heterocycles. The average molecular weight is 980 g/mol. The quantitative estimate of drug-likeness (QED) is 0.0426. The van der Waals surface area contributed by atoms with Crippen LogP contribution in [0.4, 0.5) is 0 Å². The van der Waals surface area contributed by atoms with Crippen molar-refractivity contribution >= 4 is 46.8 Å². The second kappa shape index (κ2) is 40.0. The van der Waals surface area contributed by atoms with Crippen molar-refractivity contribution in [3.05, 3.63) is 0 Å². The summed E-state index contributed by atoms with van der Waals surface area (Å²) in [5.74, 6) is -4.52. The molecule has 1 unspecified atom stereocenters. The molecular formula is C53H93N3O13. The molecule has 1 aliphatic rings. The maximum atomic E-state index is 13.4. The van der Waals surface area contributed by atoms with Crippen molar-refractivity contribution in [1.82, 2.24) is 10.6 Å². The van der Waals surface area contributed by atoms with E-state index in [2.05, 4.69) is 17.6 Å². The number of hydrogen-bond donors (Lipinski definition) is 4. The van der Waals surface area contributed by atoms with Crippen LogP contribution in [-0.2, 0) is 57.3 Å². The number of ether oxygens (including phenoxy) is 4. The predicted octanol–water partition coefficient (Wildman–Crippen LogP) is 7.82. The Kier molecular flexibility index (Phi) is 36.8. The standard InChI is InChI=1S/C53H93N3O13/c1-5-6-7-8-9-10-11-12-13-14-15-16-17-23-43(57)37-42(52(64)65)27-28-48(60)56-30-32-67-34-35-68-39-44(58)24-21-31-66-33-36-69-40-49(61)55-29-19-18-22-41(38-47(59)53(2,3)4)50(62)45-25-20-26-46(45)51(54)63/h41-42,45-46H,5-40H2,1-4H3,(H2,54,63)(H,55,61)(H,56,60)(H,64,65)/t41-,42-,45?,46-/m1/s1. The summed E-state index contributed by atoms with van der Waals surface area (Å²) >= 11 is 0. The number of hydrogen-bond acceptors (Lipinski definition) is 12. The van der Waals surface area contributed by atoms with E-state index in [0.29, 0.717) is 58.1 Å². The van der Waals surface area contributed by atoms with Gasteiger partial charge in [0.25, 0.3) is 0 Å². The molecular weight excluding hydrogens is 887 g/mol. The number of ketones is 4. The van der Waals surface area contributed by atoms with Crippen LogP contribution >= 0.6 is 0 Å². The molecule has 0 spiro atoms. The molecule has 0 aromatic carbocycles. The van der Waals surface area contributed by atoms with Crippen LogP contribution in [0.3, 0.4) is 0 Å². The minimum Gasteiger partial charge on any atom is -0.481 e. The Hall–Kier alpha value is -3.60. The van der Waals surface area contributed by atoms with E-state index in [9.17, 15) is 43.5 Å². The fraction of sp³-hybridized carbons (Fsp3) is 0.849. The van der Waals surface area contributed by atoms with Crippen LogP contribution in [0.1, 0.15) is 195 Å². The number of primary amides is 1. The van der Waals surface area contributed by atoms with Gasteiger partial charge in [0.1, 0.15) is 30.6 Å². The Bertz CT molecular complexity index is 1480. The number of aliphatic carboxylic acids is 1. The molecule has 1 rings (SSSR count). The predicted molar refractivity (Wildman–Crippen MR) is 265 cm³/mol. The summed E-state index contributed by atoms with van der Waals surface area (Å²) in [7, 11) is 0. The molecule has 16 nitrogen and oxygen atoms in total. The highest BCUT2D eigenvalue weighted by Gasteiger charge is 2.40. The molecule has 1 aliphatic carbocycles. The van der Waals surface area contributed by atoms with Crippen molar-refractivity contribution in [3.8, 4) is 0 Å². The van der Waals surface area contributed by atoms with E-state index in [1.54, 1.807) is 0 Å². The van der Waals surface area contributed by atoms with E-state index in [1.165, 1.54) is 64.2 Å². The monoisotopic (exact) mass is 980 g/mol. The van der Waals surface area contributed by atoms with Crippen LogP contribution in [0.25, 0.3) is 0 Å². The van der Waals surface area contributed by atoms with Gasteiger partial charge >= 0.3 is 5.97 Å². The first kappa shape index (κ1) is 63.4. The molecule has 1 saturated carbocycles. The molecule has 0 radical (unpaired) electrons. The van der Waals surface area contributed by atoms with Gasteiger partial charge in [0.2, 0.25) is 17.7 Å². The topological polar surface area (TPSA) is 244 Å². The maximum Gasteiger partial charge on any atom is 0.306 e. The Morgan fingerprint density at radius 3 is 1.71 bits per heavy atom. The third kappa shape index (κ3) is 33.6. The smallest absolute Gasteiger partial charge is 0.306 e. The highest BCUT2D eigenvalue weighted by molar-refractivity contribution is 5.94. The normalized spacial score (nSPS) is 15.7. The van der Waals surface area contributed by atoms with Crippen molar-refractivity contribution < 1.29 is 62.4 Å². The van der Waals surface area contributed by atoms with E-state index in [4.69, 9.17) is 24.7 Å². The molecule has 69 heavy (non-hydrogen) atoms. The zero-order chi connectivity index (χ0) is 51.1. The largest absolute Gasteiger partial charge is 0.481 e. The number of nitrogens with two attached hydrogens (primary N) is 1. The Morgan fingerprint density at radius 2 is 1.10 bits per heavy atom. The first-order valence-electron chi connectivity index (χ1n) is 26.5. The second-order valence-corrected chi connectivity index (χ2v) is 20.0. The summed E-state index contributed by atoms with van der Waals surface area (Å²) in [6.45, 7) is 9.67. The molecule has 0 aromatic rings. The molecule has 0 bridgehead atoms. The van der Waals surface area contributed by atoms with Crippen molar-refractivity contribution in [2.45, 2.75) is 195 Å². The zero-order valence-corrected chi connectivity index (χ0v) is 43.2. The van der Waals surface area contributed by atoms with Gasteiger partial charge in [0.15, 0.2) is 5.78 Å². The lowest BCUT2D eigenvalue weighted by Crippen LogP contribution is -2.36. The number of carboxylic acids is 1. The van der Waals surface area contributed by atoms with E-state index in [1.807, 2.05) is 20.8 Å². The summed E-state index contributed by atoms with van der Waals surface area (Å²) in [6, 6.07) is 0. The van der Waals surface area contributed by atoms with E-state index in [-0.39, 0.29) is 120 Å². The van der Waals surface area contributed by atoms with Gasteiger partial charge in [-0.05, 0) is 44.9 Å². The number of nitrogens with one attached hydrogen (secondary N) is 2. The molecule has 4 atom stereocenters. The van der Waals surface area contributed by atoms with Gasteiger partial charge in [-0.15, -0.1) is 0 Å². The lowest BCUT2D eigenvalue weighted by Gasteiger charge is -2.25. The van der Waals surface area contributed by atoms with Gasteiger partial charge in [-0.2, -0.15) is 0 Å². The van der Waals surface area contributed by atoms with Gasteiger partial charge in [-0.3, -0.25) is 38.4 Å². The van der Waals surface area contributed by atoms with Gasteiger partial charge < -0.3 is 40.4 Å². The molecule has 0 aliphatic heterocycles. The molecule has 0 heterocycles. The van der Waals surface area contributed by atoms with Crippen LogP contribution < -0.4 is 16.4 Å². The Labute approximate surface area is 414 Å². The first-order chi connectivity index (χ1) is 33.1. The number of carbonyl (C=O) groups excluding carboxylic acids is 7. The number of carboxylic acid groups (broad SMARTS) is 1. The van der Waals surface area contributed by atoms with Gasteiger partial charge in [0, 0.05) is 75.0 Å². The van der Waals surface area contributed by atoms with Crippen LogP contribution in [-0.4, -0.2) is 118 Å². The Morgan fingerprint density at radius 1 is 0.551 bits per heavy atom. The number of rotatable bonds is 47. The van der Waals surface area contributed by atoms with Gasteiger partial charge in [0.05, 0.1) is 39.0 Å². The number of amides is 3. The Balaban J connectivity index is 2.02. The summed E-state index contributed by atoms with van der Waals surface area (Å²) < 4.78 is 21.7. The lowest BCUT2D eigenvalue weighted by atomic mass is 9.77. The highest BCUT2D eigenvalue weighted by atomic mass is 16.5. The average Bonchev–Trinajstić information content (AvgIpc) is 3.81. The summed E-state index contributed by atoms with van der Waals surface area (Å²) in [5.41, 5.74) is 4.99. The number of carbonyl (C=O) groups is 8. The van der Waals surface area contributed by atoms with Gasteiger partial charge in [-0.1, -0.05) is 118 Å². The SMILES string of the molecule is CCCCCCCCCCCCCCCC(=O)C[C@@H](CCC(=O)NCCOCCOCC(=O)CCCOCCOCC(=O)NCCCC[C@H](CC(=O)C(C)(C)C)C(=O)C1CCC[C@H]1C(N)=O)C(=O)O. The summed E-state index contributed by atoms with van der Waals surface area (Å²) in [4.78, 5) is 99.0. The second-order valence-electron chi connectivity index (χ2n) is 20.0. The van der Waals surface area contributed by atoms with Gasteiger partial charge in [-0.25, -0.2) is 0 Å². The molecule has 1 fully saturated rings. The van der Waals surface area contributed by atoms with Crippen LogP contribution in [0, 0.1) is 29.1 Å². The lowest BCUT2D eigenvalue weighted by molar-refractivity contribution is -0.144. The fourth-order valence-electron chi connectivity index (χ4n) is 8.53. The number of Topliss-reactive ketones (excluding diaryl/α,β-unsaturated/α-hetero) is 4. The van der Waals surface area contributed by atoms with Crippen LogP contribution in [0.15, 0.2) is 0 Å². The van der Waals surface area contributed by atoms with Crippen molar-refractivity contribution in [2.24, 2.45) is 34.8 Å². The van der Waals surface area contributed by atoms with E-state index in [0.717, 1.165) is 25.7 Å². The molecule has 3 amide bonds. The molecule has 398 valence electrons.